The molecule has 1 aromatic heterocycles. The minimum atomic E-state index is -1.11. The normalized spacial score (nSPS) is 25.0. The Labute approximate surface area is 266 Å². The first kappa shape index (κ1) is 31.0. The summed E-state index contributed by atoms with van der Waals surface area (Å²) in [5.74, 6) is -1.18. The Bertz CT molecular complexity index is 1590. The van der Waals surface area contributed by atoms with Gasteiger partial charge >= 0.3 is 6.01 Å². The van der Waals surface area contributed by atoms with Crippen molar-refractivity contribution in [3.05, 3.63) is 46.1 Å². The van der Waals surface area contributed by atoms with Gasteiger partial charge in [-0.15, -0.1) is 0 Å². The van der Waals surface area contributed by atoms with Gasteiger partial charge in [0.1, 0.15) is 29.8 Å². The zero-order valence-electron chi connectivity index (χ0n) is 25.6. The number of ether oxygens (including phenoxy) is 4. The van der Waals surface area contributed by atoms with Gasteiger partial charge in [0.15, 0.2) is 12.6 Å². The molecular formula is C33H39ClF2N4O5. The minimum absolute atomic E-state index is 0.0133. The summed E-state index contributed by atoms with van der Waals surface area (Å²) in [6.07, 6.45) is 5.30. The lowest BCUT2D eigenvalue weighted by atomic mass is 9.93. The molecule has 2 unspecified atom stereocenters. The highest BCUT2D eigenvalue weighted by Crippen LogP contribution is 2.50. The van der Waals surface area contributed by atoms with E-state index in [9.17, 15) is 5.11 Å². The first-order chi connectivity index (χ1) is 21.7. The summed E-state index contributed by atoms with van der Waals surface area (Å²) in [6, 6.07) is 4.54. The molecule has 3 aliphatic heterocycles. The number of methoxy groups -OCH3 is 1. The Morgan fingerprint density at radius 3 is 2.64 bits per heavy atom. The van der Waals surface area contributed by atoms with Crippen molar-refractivity contribution in [3.63, 3.8) is 0 Å². The predicted molar refractivity (Wildman–Crippen MR) is 165 cm³/mol. The van der Waals surface area contributed by atoms with Crippen LogP contribution in [0, 0.1) is 11.6 Å². The zero-order chi connectivity index (χ0) is 31.3. The number of nitrogens with one attached hydrogen (secondary N) is 1. The van der Waals surface area contributed by atoms with Gasteiger partial charge < -0.3 is 29.4 Å². The number of aliphatic hydroxyl groups is 1. The number of aromatic nitrogens is 2. The first-order valence-corrected chi connectivity index (χ1v) is 16.1. The standard InChI is InChI=1S/C33H39ClF2N4O5/c1-32(41)15-37-14-25(43-16-32)29-22-13-24(35)27(21-11-20(45-18-42-2)12-23(34)26(21)19-5-6-19)28(36)30(22)39-31(38-29)44-17-33-7-3-9-40(33)10-4-8-33/h11-13,19,25,37,41H,3-10,14-18H2,1-2H3. The van der Waals surface area contributed by atoms with Gasteiger partial charge in [-0.3, -0.25) is 4.90 Å². The molecule has 9 nitrogen and oxygen atoms in total. The number of halogens is 3. The van der Waals surface area contributed by atoms with Crippen LogP contribution in [0.25, 0.3) is 22.0 Å². The molecule has 0 bridgehead atoms. The van der Waals surface area contributed by atoms with E-state index in [2.05, 4.69) is 15.2 Å². The van der Waals surface area contributed by atoms with Crippen LogP contribution in [-0.2, 0) is 9.47 Å². The van der Waals surface area contributed by atoms with E-state index in [1.807, 2.05) is 0 Å². The van der Waals surface area contributed by atoms with Gasteiger partial charge in [0.25, 0.3) is 0 Å². The lowest BCUT2D eigenvalue weighted by Crippen LogP contribution is -2.43. The lowest BCUT2D eigenvalue weighted by Gasteiger charge is -2.31. The van der Waals surface area contributed by atoms with Gasteiger partial charge in [-0.2, -0.15) is 9.97 Å². The van der Waals surface area contributed by atoms with E-state index >= 15 is 8.78 Å². The van der Waals surface area contributed by atoms with Crippen LogP contribution < -0.4 is 14.8 Å². The molecule has 242 valence electrons. The molecule has 7 rings (SSSR count). The van der Waals surface area contributed by atoms with E-state index in [-0.39, 0.29) is 53.9 Å². The molecule has 12 heteroatoms. The summed E-state index contributed by atoms with van der Waals surface area (Å²) in [6.45, 7) is 4.67. The predicted octanol–water partition coefficient (Wildman–Crippen LogP) is 5.51. The summed E-state index contributed by atoms with van der Waals surface area (Å²) in [4.78, 5) is 11.7. The number of β-amino-alcohol motifs (C(OH)–C–C–N with tert-alkyl or cyclic N) is 1. The number of benzene rings is 2. The highest BCUT2D eigenvalue weighted by molar-refractivity contribution is 6.32. The molecule has 0 amide bonds. The first-order valence-electron chi connectivity index (χ1n) is 15.8. The number of hydrogen-bond donors (Lipinski definition) is 2. The quantitative estimate of drug-likeness (QED) is 0.292. The van der Waals surface area contributed by atoms with Crippen LogP contribution in [-0.4, -0.2) is 84.4 Å². The maximum atomic E-state index is 16.9. The summed E-state index contributed by atoms with van der Waals surface area (Å²) in [7, 11) is 1.49. The zero-order valence-corrected chi connectivity index (χ0v) is 26.4. The van der Waals surface area contributed by atoms with Crippen LogP contribution in [0.15, 0.2) is 18.2 Å². The highest BCUT2D eigenvalue weighted by Gasteiger charge is 2.45. The number of nitrogens with zero attached hydrogens (tertiary/aromatic N) is 3. The van der Waals surface area contributed by atoms with E-state index in [0.717, 1.165) is 51.6 Å². The summed E-state index contributed by atoms with van der Waals surface area (Å²) in [5.41, 5.74) is -0.182. The molecule has 3 saturated heterocycles. The molecule has 2 aromatic carbocycles. The van der Waals surface area contributed by atoms with E-state index < -0.39 is 23.3 Å². The van der Waals surface area contributed by atoms with Crippen molar-refractivity contribution in [2.45, 2.75) is 68.6 Å². The van der Waals surface area contributed by atoms with E-state index in [1.54, 1.807) is 19.1 Å². The fourth-order valence-electron chi connectivity index (χ4n) is 7.25. The molecule has 2 N–H and O–H groups in total. The fraction of sp³-hybridized carbons (Fsp3) is 0.576. The lowest BCUT2D eigenvalue weighted by molar-refractivity contribution is -0.0418. The Hall–Kier alpha value is -2.67. The van der Waals surface area contributed by atoms with E-state index in [0.29, 0.717) is 40.7 Å². The van der Waals surface area contributed by atoms with Crippen molar-refractivity contribution in [2.24, 2.45) is 0 Å². The maximum Gasteiger partial charge on any atom is 0.317 e. The average Bonchev–Trinajstić information content (AvgIpc) is 3.68. The van der Waals surface area contributed by atoms with Crippen LogP contribution in [0.1, 0.15) is 68.7 Å². The third-order valence-electron chi connectivity index (χ3n) is 9.61. The molecule has 0 radical (unpaired) electrons. The van der Waals surface area contributed by atoms with Gasteiger partial charge in [-0.25, -0.2) is 8.78 Å². The van der Waals surface area contributed by atoms with Gasteiger partial charge in [-0.05, 0) is 93.8 Å². The second-order valence-corrected chi connectivity index (χ2v) is 13.6. The topological polar surface area (TPSA) is 98.2 Å². The van der Waals surface area contributed by atoms with Crippen molar-refractivity contribution in [1.82, 2.24) is 20.2 Å². The average molecular weight is 645 g/mol. The third kappa shape index (κ3) is 5.99. The number of hydrogen-bond acceptors (Lipinski definition) is 9. The Kier molecular flexibility index (Phi) is 8.37. The molecule has 1 aliphatic carbocycles. The van der Waals surface area contributed by atoms with Gasteiger partial charge in [0.2, 0.25) is 0 Å². The highest BCUT2D eigenvalue weighted by atomic mass is 35.5. The van der Waals surface area contributed by atoms with Crippen molar-refractivity contribution in [2.75, 3.05) is 53.3 Å². The second kappa shape index (κ2) is 12.2. The Morgan fingerprint density at radius 2 is 1.91 bits per heavy atom. The van der Waals surface area contributed by atoms with Crippen LogP contribution in [0.5, 0.6) is 11.8 Å². The molecular weight excluding hydrogens is 606 g/mol. The van der Waals surface area contributed by atoms with Crippen LogP contribution in [0.4, 0.5) is 8.78 Å². The SMILES string of the molecule is COCOc1cc(Cl)c(C2CC2)c(-c2c(F)cc3c(C4CNCC(C)(O)CO4)nc(OCC45CCCN4CCC5)nc3c2F)c1. The maximum absolute atomic E-state index is 16.9. The summed E-state index contributed by atoms with van der Waals surface area (Å²) >= 11 is 6.70. The van der Waals surface area contributed by atoms with Gasteiger partial charge in [-0.1, -0.05) is 11.6 Å². The van der Waals surface area contributed by atoms with Crippen molar-refractivity contribution in [3.8, 4) is 22.9 Å². The van der Waals surface area contributed by atoms with Crippen LogP contribution in [0.2, 0.25) is 5.02 Å². The molecule has 45 heavy (non-hydrogen) atoms. The summed E-state index contributed by atoms with van der Waals surface area (Å²) in [5, 5.41) is 14.4. The molecule has 2 atom stereocenters. The molecule has 3 aromatic rings. The Morgan fingerprint density at radius 1 is 1.13 bits per heavy atom. The molecule has 4 heterocycles. The van der Waals surface area contributed by atoms with E-state index in [4.69, 9.17) is 35.5 Å². The molecule has 4 fully saturated rings. The minimum Gasteiger partial charge on any atom is -0.467 e. The number of fused-ring (bicyclic) bond motifs is 2. The van der Waals surface area contributed by atoms with Crippen molar-refractivity contribution in [1.29, 1.82) is 0 Å². The van der Waals surface area contributed by atoms with Gasteiger partial charge in [0, 0.05) is 30.6 Å². The monoisotopic (exact) mass is 644 g/mol. The second-order valence-electron chi connectivity index (χ2n) is 13.2. The smallest absolute Gasteiger partial charge is 0.317 e. The fourth-order valence-corrected chi connectivity index (χ4v) is 7.61. The third-order valence-corrected chi connectivity index (χ3v) is 9.92. The summed E-state index contributed by atoms with van der Waals surface area (Å²) < 4.78 is 56.2. The largest absolute Gasteiger partial charge is 0.467 e. The van der Waals surface area contributed by atoms with Crippen molar-refractivity contribution < 1.29 is 32.8 Å². The number of rotatable bonds is 9. The van der Waals surface area contributed by atoms with Crippen LogP contribution in [0.3, 0.4) is 0 Å². The molecule has 4 aliphatic rings. The van der Waals surface area contributed by atoms with Crippen molar-refractivity contribution >= 4 is 22.5 Å². The Balaban J connectivity index is 1.36. The van der Waals surface area contributed by atoms with Gasteiger partial charge in [0.05, 0.1) is 29.0 Å². The molecule has 0 spiro atoms. The molecule has 1 saturated carbocycles. The van der Waals surface area contributed by atoms with Crippen LogP contribution >= 0.6 is 11.6 Å². The van der Waals surface area contributed by atoms with E-state index in [1.165, 1.54) is 13.2 Å².